The molecule has 0 radical (unpaired) electrons. The SMILES string of the molecule is Cc1cccc(C)c1NS(=O)(=O)/C=C/c1ccccc1. The van der Waals surface area contributed by atoms with Gasteiger partial charge in [-0.2, -0.15) is 0 Å². The Morgan fingerprint density at radius 1 is 0.900 bits per heavy atom. The summed E-state index contributed by atoms with van der Waals surface area (Å²) in [5.74, 6) is 0. The van der Waals surface area contributed by atoms with E-state index in [1.807, 2.05) is 62.4 Å². The van der Waals surface area contributed by atoms with E-state index in [4.69, 9.17) is 0 Å². The van der Waals surface area contributed by atoms with Crippen LogP contribution in [0, 0.1) is 13.8 Å². The molecule has 2 rings (SSSR count). The van der Waals surface area contributed by atoms with Gasteiger partial charge in [0.05, 0.1) is 11.1 Å². The Hall–Kier alpha value is -2.07. The summed E-state index contributed by atoms with van der Waals surface area (Å²) < 4.78 is 26.8. The van der Waals surface area contributed by atoms with E-state index in [0.29, 0.717) is 5.69 Å². The molecule has 0 saturated heterocycles. The third-order valence-electron chi connectivity index (χ3n) is 2.96. The van der Waals surface area contributed by atoms with Gasteiger partial charge in [-0.05, 0) is 36.6 Å². The Balaban J connectivity index is 2.22. The van der Waals surface area contributed by atoms with Crippen molar-refractivity contribution < 1.29 is 8.42 Å². The van der Waals surface area contributed by atoms with Gasteiger partial charge in [0.15, 0.2) is 0 Å². The maximum Gasteiger partial charge on any atom is 0.255 e. The van der Waals surface area contributed by atoms with Gasteiger partial charge in [0, 0.05) is 0 Å². The molecule has 0 unspecified atom stereocenters. The number of aryl methyl sites for hydroxylation is 2. The molecule has 1 N–H and O–H groups in total. The van der Waals surface area contributed by atoms with Crippen LogP contribution in [0.4, 0.5) is 5.69 Å². The Morgan fingerprint density at radius 3 is 2.10 bits per heavy atom. The number of rotatable bonds is 4. The number of benzene rings is 2. The third kappa shape index (κ3) is 3.71. The highest BCUT2D eigenvalue weighted by molar-refractivity contribution is 7.95. The minimum Gasteiger partial charge on any atom is -0.280 e. The molecular weight excluding hydrogens is 270 g/mol. The van der Waals surface area contributed by atoms with Gasteiger partial charge in [0.25, 0.3) is 10.0 Å². The maximum atomic E-state index is 12.1. The van der Waals surface area contributed by atoms with Crippen LogP contribution in [-0.4, -0.2) is 8.42 Å². The largest absolute Gasteiger partial charge is 0.280 e. The fourth-order valence-corrected chi connectivity index (χ4v) is 2.89. The number of para-hydroxylation sites is 1. The predicted molar refractivity (Wildman–Crippen MR) is 83.9 cm³/mol. The van der Waals surface area contributed by atoms with Crippen LogP contribution < -0.4 is 4.72 Å². The van der Waals surface area contributed by atoms with Gasteiger partial charge >= 0.3 is 0 Å². The normalized spacial score (nSPS) is 11.7. The van der Waals surface area contributed by atoms with Crippen molar-refractivity contribution in [3.63, 3.8) is 0 Å². The lowest BCUT2D eigenvalue weighted by molar-refractivity contribution is 0.609. The lowest BCUT2D eigenvalue weighted by atomic mass is 10.1. The standard InChI is InChI=1S/C16H17NO2S/c1-13-7-6-8-14(2)16(13)17-20(18,19)12-11-15-9-4-3-5-10-15/h3-12,17H,1-2H3/b12-11+. The van der Waals surface area contributed by atoms with Crippen LogP contribution in [0.1, 0.15) is 16.7 Å². The Bertz CT molecular complexity index is 699. The van der Waals surface area contributed by atoms with E-state index in [1.54, 1.807) is 6.08 Å². The average molecular weight is 287 g/mol. The van der Waals surface area contributed by atoms with Gasteiger partial charge in [-0.3, -0.25) is 4.72 Å². The van der Waals surface area contributed by atoms with Crippen molar-refractivity contribution in [1.82, 2.24) is 0 Å². The summed E-state index contributed by atoms with van der Waals surface area (Å²) in [6, 6.07) is 15.0. The third-order valence-corrected chi connectivity index (χ3v) is 3.95. The molecule has 0 aromatic heterocycles. The molecule has 0 spiro atoms. The molecule has 104 valence electrons. The first-order valence-electron chi connectivity index (χ1n) is 6.30. The second-order valence-electron chi connectivity index (χ2n) is 4.63. The van der Waals surface area contributed by atoms with Crippen molar-refractivity contribution in [2.24, 2.45) is 0 Å². The van der Waals surface area contributed by atoms with Gasteiger partial charge < -0.3 is 0 Å². The summed E-state index contributed by atoms with van der Waals surface area (Å²) in [5.41, 5.74) is 3.30. The molecule has 2 aromatic rings. The molecule has 0 aliphatic rings. The summed E-state index contributed by atoms with van der Waals surface area (Å²) in [7, 11) is -3.51. The number of nitrogens with one attached hydrogen (secondary N) is 1. The molecule has 0 aliphatic heterocycles. The van der Waals surface area contributed by atoms with Crippen LogP contribution in [0.25, 0.3) is 6.08 Å². The summed E-state index contributed by atoms with van der Waals surface area (Å²) in [6.07, 6.45) is 1.58. The molecule has 3 nitrogen and oxygen atoms in total. The first-order valence-corrected chi connectivity index (χ1v) is 7.85. The van der Waals surface area contributed by atoms with E-state index in [2.05, 4.69) is 4.72 Å². The first kappa shape index (κ1) is 14.3. The average Bonchev–Trinajstić information content (AvgIpc) is 2.42. The van der Waals surface area contributed by atoms with Gasteiger partial charge in [0.2, 0.25) is 0 Å². The minimum atomic E-state index is -3.51. The lowest BCUT2D eigenvalue weighted by Crippen LogP contribution is -2.11. The molecular formula is C16H17NO2S. The van der Waals surface area contributed by atoms with E-state index in [1.165, 1.54) is 5.41 Å². The van der Waals surface area contributed by atoms with Crippen molar-refractivity contribution in [1.29, 1.82) is 0 Å². The van der Waals surface area contributed by atoms with E-state index in [-0.39, 0.29) is 0 Å². The fraction of sp³-hybridized carbons (Fsp3) is 0.125. The number of hydrogen-bond acceptors (Lipinski definition) is 2. The molecule has 2 aromatic carbocycles. The van der Waals surface area contributed by atoms with Gasteiger partial charge in [0.1, 0.15) is 0 Å². The number of sulfonamides is 1. The van der Waals surface area contributed by atoms with E-state index in [0.717, 1.165) is 16.7 Å². The zero-order valence-electron chi connectivity index (χ0n) is 11.5. The van der Waals surface area contributed by atoms with Crippen LogP contribution in [0.3, 0.4) is 0 Å². The van der Waals surface area contributed by atoms with Gasteiger partial charge in [-0.25, -0.2) is 8.42 Å². The summed E-state index contributed by atoms with van der Waals surface area (Å²) in [5, 5.41) is 1.19. The van der Waals surface area contributed by atoms with Gasteiger partial charge in [-0.15, -0.1) is 0 Å². The highest BCUT2D eigenvalue weighted by Crippen LogP contribution is 2.21. The van der Waals surface area contributed by atoms with Crippen molar-refractivity contribution in [3.05, 3.63) is 70.6 Å². The predicted octanol–water partition coefficient (Wildman–Crippen LogP) is 3.72. The van der Waals surface area contributed by atoms with Crippen LogP contribution in [0.2, 0.25) is 0 Å². The van der Waals surface area contributed by atoms with E-state index < -0.39 is 10.0 Å². The summed E-state index contributed by atoms with van der Waals surface area (Å²) in [6.45, 7) is 3.76. The lowest BCUT2D eigenvalue weighted by Gasteiger charge is -2.10. The second-order valence-corrected chi connectivity index (χ2v) is 6.19. The van der Waals surface area contributed by atoms with Crippen molar-refractivity contribution in [2.45, 2.75) is 13.8 Å². The Labute approximate surface area is 120 Å². The Morgan fingerprint density at radius 2 is 1.50 bits per heavy atom. The quantitative estimate of drug-likeness (QED) is 0.931. The molecule has 0 heterocycles. The molecule has 0 amide bonds. The zero-order chi connectivity index (χ0) is 14.6. The fourth-order valence-electron chi connectivity index (χ4n) is 1.88. The summed E-state index contributed by atoms with van der Waals surface area (Å²) >= 11 is 0. The monoisotopic (exact) mass is 287 g/mol. The highest BCUT2D eigenvalue weighted by Gasteiger charge is 2.09. The van der Waals surface area contributed by atoms with Crippen LogP contribution in [0.15, 0.2) is 53.9 Å². The zero-order valence-corrected chi connectivity index (χ0v) is 12.3. The molecule has 0 fully saturated rings. The molecule has 0 bridgehead atoms. The summed E-state index contributed by atoms with van der Waals surface area (Å²) in [4.78, 5) is 0. The van der Waals surface area contributed by atoms with E-state index >= 15 is 0 Å². The van der Waals surface area contributed by atoms with Crippen LogP contribution in [0.5, 0.6) is 0 Å². The molecule has 4 heteroatoms. The molecule has 20 heavy (non-hydrogen) atoms. The van der Waals surface area contributed by atoms with Crippen LogP contribution >= 0.6 is 0 Å². The smallest absolute Gasteiger partial charge is 0.255 e. The van der Waals surface area contributed by atoms with Crippen molar-refractivity contribution in [2.75, 3.05) is 4.72 Å². The molecule has 0 saturated carbocycles. The van der Waals surface area contributed by atoms with Crippen LogP contribution in [-0.2, 0) is 10.0 Å². The highest BCUT2D eigenvalue weighted by atomic mass is 32.2. The Kier molecular flexibility index (Phi) is 4.25. The number of anilines is 1. The van der Waals surface area contributed by atoms with Gasteiger partial charge in [-0.1, -0.05) is 48.5 Å². The minimum absolute atomic E-state index is 0.644. The van der Waals surface area contributed by atoms with E-state index in [9.17, 15) is 8.42 Å². The van der Waals surface area contributed by atoms with Crippen molar-refractivity contribution in [3.8, 4) is 0 Å². The molecule has 0 aliphatic carbocycles. The second kappa shape index (κ2) is 5.92. The molecule has 0 atom stereocenters. The maximum absolute atomic E-state index is 12.1. The topological polar surface area (TPSA) is 46.2 Å². The number of hydrogen-bond donors (Lipinski definition) is 1. The van der Waals surface area contributed by atoms with Crippen molar-refractivity contribution >= 4 is 21.8 Å². The first-order chi connectivity index (χ1) is 9.48.